The highest BCUT2D eigenvalue weighted by Gasteiger charge is 2.50. The molecular weight excluding hydrogens is 408 g/mol. The molecule has 6 atom stereocenters. The van der Waals surface area contributed by atoms with Gasteiger partial charge in [-0.3, -0.25) is 0 Å². The summed E-state index contributed by atoms with van der Waals surface area (Å²) in [7, 11) is 0. The van der Waals surface area contributed by atoms with Gasteiger partial charge in [0, 0.05) is 6.42 Å². The van der Waals surface area contributed by atoms with Crippen molar-refractivity contribution in [2.75, 3.05) is 0 Å². The van der Waals surface area contributed by atoms with E-state index >= 15 is 0 Å². The summed E-state index contributed by atoms with van der Waals surface area (Å²) >= 11 is 0. The van der Waals surface area contributed by atoms with Crippen molar-refractivity contribution in [1.29, 1.82) is 0 Å². The molecule has 0 aromatic carbocycles. The van der Waals surface area contributed by atoms with Gasteiger partial charge in [0.25, 0.3) is 0 Å². The lowest BCUT2D eigenvalue weighted by atomic mass is 9.61. The van der Waals surface area contributed by atoms with E-state index in [1.165, 1.54) is 31.3 Å². The van der Waals surface area contributed by atoms with Crippen molar-refractivity contribution in [3.63, 3.8) is 0 Å². The van der Waals surface area contributed by atoms with Gasteiger partial charge >= 0.3 is 0 Å². The van der Waals surface area contributed by atoms with Gasteiger partial charge < -0.3 is 15.3 Å². The molecule has 3 N–H and O–H groups in total. The Labute approximate surface area is 201 Å². The fourth-order valence-electron chi connectivity index (χ4n) is 6.70. The lowest BCUT2D eigenvalue weighted by molar-refractivity contribution is 0.0827. The van der Waals surface area contributed by atoms with Gasteiger partial charge in [-0.15, -0.1) is 0 Å². The fraction of sp³-hybridized carbons (Fsp3) is 0.667. The Morgan fingerprint density at radius 3 is 2.58 bits per heavy atom. The normalized spacial score (nSPS) is 36.9. The first-order chi connectivity index (χ1) is 15.6. The maximum Gasteiger partial charge on any atom is 0.0825 e. The number of fused-ring (bicyclic) bond motifs is 1. The smallest absolute Gasteiger partial charge is 0.0825 e. The second-order valence-corrected chi connectivity index (χ2v) is 11.1. The van der Waals surface area contributed by atoms with Gasteiger partial charge in [-0.05, 0) is 85.7 Å². The van der Waals surface area contributed by atoms with Crippen LogP contribution in [0.1, 0.15) is 85.5 Å². The first-order valence-corrected chi connectivity index (χ1v) is 13.2. The zero-order chi connectivity index (χ0) is 24.2. The van der Waals surface area contributed by atoms with Crippen LogP contribution in [0.25, 0.3) is 0 Å². The van der Waals surface area contributed by atoms with Crippen molar-refractivity contribution < 1.29 is 15.3 Å². The van der Waals surface area contributed by atoms with E-state index in [9.17, 15) is 15.3 Å². The van der Waals surface area contributed by atoms with Gasteiger partial charge in [0.1, 0.15) is 0 Å². The van der Waals surface area contributed by atoms with Crippen LogP contribution in [0, 0.1) is 23.2 Å². The zero-order valence-corrected chi connectivity index (χ0v) is 21.3. The fourth-order valence-corrected chi connectivity index (χ4v) is 6.70. The van der Waals surface area contributed by atoms with Gasteiger partial charge in [-0.1, -0.05) is 76.3 Å². The molecule has 0 aromatic rings. The molecule has 3 heteroatoms. The molecule has 3 nitrogen and oxygen atoms in total. The third-order valence-electron chi connectivity index (χ3n) is 9.09. The van der Waals surface area contributed by atoms with Crippen molar-refractivity contribution in [2.24, 2.45) is 23.2 Å². The average Bonchev–Trinajstić information content (AvgIpc) is 3.15. The zero-order valence-electron chi connectivity index (χ0n) is 21.3. The molecule has 0 aromatic heterocycles. The Bertz CT molecular complexity index is 812. The average molecular weight is 455 g/mol. The van der Waals surface area contributed by atoms with Gasteiger partial charge in [-0.25, -0.2) is 0 Å². The Morgan fingerprint density at radius 2 is 1.88 bits per heavy atom. The molecule has 0 bridgehead atoms. The van der Waals surface area contributed by atoms with E-state index in [1.54, 1.807) is 0 Å². The summed E-state index contributed by atoms with van der Waals surface area (Å²) in [5.74, 6) is 1.77. The monoisotopic (exact) mass is 454 g/mol. The number of rotatable bonds is 7. The van der Waals surface area contributed by atoms with Crippen molar-refractivity contribution in [1.82, 2.24) is 0 Å². The highest BCUT2D eigenvalue weighted by atomic mass is 16.3. The molecule has 0 aliphatic heterocycles. The number of allylic oxidation sites excluding steroid dienone is 6. The van der Waals surface area contributed by atoms with E-state index < -0.39 is 17.8 Å². The van der Waals surface area contributed by atoms with Crippen LogP contribution in [-0.4, -0.2) is 33.1 Å². The van der Waals surface area contributed by atoms with Crippen molar-refractivity contribution in [2.45, 2.75) is 103 Å². The molecule has 3 fully saturated rings. The number of hydrogen-bond donors (Lipinski definition) is 3. The predicted molar refractivity (Wildman–Crippen MR) is 138 cm³/mol. The largest absolute Gasteiger partial charge is 0.393 e. The second-order valence-electron chi connectivity index (χ2n) is 11.1. The van der Waals surface area contributed by atoms with E-state index in [0.717, 1.165) is 30.4 Å². The van der Waals surface area contributed by atoms with Gasteiger partial charge in [0.15, 0.2) is 0 Å². The van der Waals surface area contributed by atoms with Crippen molar-refractivity contribution in [3.05, 3.63) is 59.8 Å². The third kappa shape index (κ3) is 5.81. The van der Waals surface area contributed by atoms with Crippen molar-refractivity contribution in [3.8, 4) is 0 Å². The molecule has 3 unspecified atom stereocenters. The van der Waals surface area contributed by atoms with Gasteiger partial charge in [-0.2, -0.15) is 0 Å². The minimum atomic E-state index is -0.689. The minimum Gasteiger partial charge on any atom is -0.393 e. The molecule has 0 saturated heterocycles. The lowest BCUT2D eigenvalue weighted by Gasteiger charge is -2.44. The summed E-state index contributed by atoms with van der Waals surface area (Å²) in [5.41, 5.74) is 2.92. The lowest BCUT2D eigenvalue weighted by Crippen LogP contribution is -2.35. The first kappa shape index (κ1) is 26.2. The Morgan fingerprint density at radius 1 is 1.15 bits per heavy atom. The van der Waals surface area contributed by atoms with Crippen LogP contribution >= 0.6 is 0 Å². The summed E-state index contributed by atoms with van der Waals surface area (Å²) < 4.78 is 0. The highest BCUT2D eigenvalue weighted by Crippen LogP contribution is 2.59. The van der Waals surface area contributed by atoms with Gasteiger partial charge in [0.05, 0.1) is 17.8 Å². The van der Waals surface area contributed by atoms with Crippen LogP contribution in [0.4, 0.5) is 0 Å². The van der Waals surface area contributed by atoms with Crippen molar-refractivity contribution >= 4 is 0 Å². The molecule has 0 heterocycles. The molecule has 0 amide bonds. The summed E-state index contributed by atoms with van der Waals surface area (Å²) in [6, 6.07) is 0. The Hall–Kier alpha value is -1.42. The van der Waals surface area contributed by atoms with E-state index in [2.05, 4.69) is 44.7 Å². The van der Waals surface area contributed by atoms with E-state index in [-0.39, 0.29) is 0 Å². The number of hydrogen-bond acceptors (Lipinski definition) is 3. The molecule has 3 rings (SSSR count). The minimum absolute atomic E-state index is 0.312. The quantitative estimate of drug-likeness (QED) is 0.389. The number of aliphatic hydroxyl groups is 3. The molecule has 184 valence electrons. The van der Waals surface area contributed by atoms with E-state index in [0.29, 0.717) is 36.0 Å². The van der Waals surface area contributed by atoms with Crippen LogP contribution in [0.15, 0.2) is 59.8 Å². The van der Waals surface area contributed by atoms with E-state index in [4.69, 9.17) is 0 Å². The first-order valence-electron chi connectivity index (χ1n) is 13.2. The Kier molecular flexibility index (Phi) is 8.64. The summed E-state index contributed by atoms with van der Waals surface area (Å²) in [5, 5.41) is 30.7. The third-order valence-corrected chi connectivity index (χ3v) is 9.09. The van der Waals surface area contributed by atoms with Crippen LogP contribution in [-0.2, 0) is 0 Å². The van der Waals surface area contributed by atoms with Crippen LogP contribution in [0.5, 0.6) is 0 Å². The summed E-state index contributed by atoms with van der Waals surface area (Å²) in [6.45, 7) is 13.0. The Balaban J connectivity index is 1.72. The molecule has 33 heavy (non-hydrogen) atoms. The predicted octanol–water partition coefficient (Wildman–Crippen LogP) is 6.43. The SMILES string of the molecule is C=C1/C(=C\C=C2/CCCC3(C)C([C@@H](C)/C=C/C=C/C(O)(CC)CC)CC[C@@H]23)C[C@@H](O)CC1O. The number of aliphatic hydroxyl groups excluding tert-OH is 2. The maximum absolute atomic E-state index is 10.5. The van der Waals surface area contributed by atoms with Crippen LogP contribution in [0.2, 0.25) is 0 Å². The molecule has 3 aliphatic rings. The summed E-state index contributed by atoms with van der Waals surface area (Å²) in [4.78, 5) is 0. The summed E-state index contributed by atoms with van der Waals surface area (Å²) in [6.07, 6.45) is 20.3. The molecule has 3 aliphatic carbocycles. The molecule has 0 spiro atoms. The topological polar surface area (TPSA) is 60.7 Å². The standard InChI is InChI=1S/C30H46O3/c1-6-30(33,7-2)18-9-8-11-21(3)26-15-16-27-23(12-10-17-29(26,27)5)13-14-24-19-25(31)20-28(32)22(24)4/h8-9,11,13-14,18,21,25-28,31-33H,4,6-7,10,12,15-17,19-20H2,1-3,5H3/b11-8+,18-9+,23-13+,24-14-/t21-,25+,26?,27-,28?,29?/m0/s1. The molecule has 0 radical (unpaired) electrons. The second kappa shape index (κ2) is 10.9. The van der Waals surface area contributed by atoms with Crippen LogP contribution in [0.3, 0.4) is 0 Å². The van der Waals surface area contributed by atoms with Gasteiger partial charge in [0.2, 0.25) is 0 Å². The van der Waals surface area contributed by atoms with E-state index in [1.807, 2.05) is 26.0 Å². The van der Waals surface area contributed by atoms with Crippen LogP contribution < -0.4 is 0 Å². The highest BCUT2D eigenvalue weighted by molar-refractivity contribution is 5.38. The molecular formula is C30H46O3. The maximum atomic E-state index is 10.5. The molecule has 3 saturated carbocycles.